The molecule has 6 heteroatoms. The number of thioether (sulfide) groups is 1. The number of rotatable bonds is 6. The number of carbonyl (C=O) groups is 1. The molecule has 0 aliphatic rings. The van der Waals surface area contributed by atoms with Crippen molar-refractivity contribution >= 4 is 39.1 Å². The fourth-order valence-corrected chi connectivity index (χ4v) is 4.67. The average molecular weight is 393 g/mol. The Labute approximate surface area is 165 Å². The third kappa shape index (κ3) is 3.72. The monoisotopic (exact) mass is 392 g/mol. The summed E-state index contributed by atoms with van der Waals surface area (Å²) < 4.78 is 5.14. The average Bonchev–Trinajstić information content (AvgIpc) is 3.17. The lowest BCUT2D eigenvalue weighted by molar-refractivity contribution is 0.102. The van der Waals surface area contributed by atoms with Crippen LogP contribution in [-0.4, -0.2) is 28.6 Å². The van der Waals surface area contributed by atoms with Gasteiger partial charge in [0.15, 0.2) is 5.78 Å². The molecule has 0 atom stereocenters. The van der Waals surface area contributed by atoms with Gasteiger partial charge in [0, 0.05) is 16.5 Å². The summed E-state index contributed by atoms with van der Waals surface area (Å²) in [5, 5.41) is 3.95. The lowest BCUT2D eigenvalue weighted by Gasteiger charge is -2.06. The molecule has 0 bridgehead atoms. The Morgan fingerprint density at radius 1 is 1.07 bits per heavy atom. The van der Waals surface area contributed by atoms with Crippen LogP contribution < -0.4 is 4.74 Å². The van der Waals surface area contributed by atoms with Crippen LogP contribution in [-0.2, 0) is 0 Å². The number of carbonyl (C=O) groups excluding carboxylic acids is 1. The molecule has 0 saturated heterocycles. The normalized spacial score (nSPS) is 10.9. The second-order valence-corrected chi connectivity index (χ2v) is 7.64. The summed E-state index contributed by atoms with van der Waals surface area (Å²) in [5.74, 6) is 1.12. The summed E-state index contributed by atoms with van der Waals surface area (Å²) in [6.07, 6.45) is 1.56. The first-order valence-corrected chi connectivity index (χ1v) is 10.2. The van der Waals surface area contributed by atoms with E-state index in [-0.39, 0.29) is 5.78 Å². The van der Waals surface area contributed by atoms with Crippen LogP contribution in [0.1, 0.15) is 10.4 Å². The number of ether oxygens (including phenoxy) is 1. The van der Waals surface area contributed by atoms with Gasteiger partial charge in [-0.05, 0) is 29.8 Å². The largest absolute Gasteiger partial charge is 0.497 e. The lowest BCUT2D eigenvalue weighted by atomic mass is 10.1. The summed E-state index contributed by atoms with van der Waals surface area (Å²) in [5.41, 5.74) is 2.90. The molecule has 134 valence electrons. The molecular formula is C21H16N2O2S2. The van der Waals surface area contributed by atoms with Gasteiger partial charge in [-0.15, -0.1) is 11.3 Å². The van der Waals surface area contributed by atoms with E-state index in [1.807, 2.05) is 18.2 Å². The second-order valence-electron chi connectivity index (χ2n) is 5.81. The Balaban J connectivity index is 1.60. The van der Waals surface area contributed by atoms with Crippen molar-refractivity contribution in [1.82, 2.24) is 9.97 Å². The summed E-state index contributed by atoms with van der Waals surface area (Å²) >= 11 is 3.05. The zero-order valence-electron chi connectivity index (χ0n) is 14.6. The van der Waals surface area contributed by atoms with E-state index < -0.39 is 0 Å². The van der Waals surface area contributed by atoms with Crippen molar-refractivity contribution in [2.75, 3.05) is 12.9 Å². The topological polar surface area (TPSA) is 52.1 Å². The standard InChI is InChI=1S/C21H16N2O2S2/c1-25-16-9-7-15(8-10-16)18(24)12-27-21-19-17(14-5-3-2-4-6-14)11-26-20(19)22-13-23-21/h2-11,13H,12H2,1H3. The van der Waals surface area contributed by atoms with Crippen LogP contribution in [0, 0.1) is 0 Å². The van der Waals surface area contributed by atoms with Gasteiger partial charge in [-0.25, -0.2) is 9.97 Å². The van der Waals surface area contributed by atoms with E-state index >= 15 is 0 Å². The molecule has 2 heterocycles. The van der Waals surface area contributed by atoms with Crippen LogP contribution in [0.5, 0.6) is 5.75 Å². The van der Waals surface area contributed by atoms with E-state index in [0.717, 1.165) is 32.1 Å². The maximum Gasteiger partial charge on any atom is 0.173 e. The molecule has 2 aromatic carbocycles. The van der Waals surface area contributed by atoms with Gasteiger partial charge >= 0.3 is 0 Å². The fraction of sp³-hybridized carbons (Fsp3) is 0.0952. The van der Waals surface area contributed by atoms with E-state index in [4.69, 9.17) is 4.74 Å². The van der Waals surface area contributed by atoms with Crippen LogP contribution in [0.15, 0.2) is 71.3 Å². The molecule has 0 spiro atoms. The van der Waals surface area contributed by atoms with Gasteiger partial charge in [0.05, 0.1) is 18.2 Å². The predicted molar refractivity (Wildman–Crippen MR) is 111 cm³/mol. The zero-order valence-corrected chi connectivity index (χ0v) is 16.2. The molecule has 0 radical (unpaired) electrons. The minimum absolute atomic E-state index is 0.0610. The quantitative estimate of drug-likeness (QED) is 0.252. The number of aromatic nitrogens is 2. The highest BCUT2D eigenvalue weighted by molar-refractivity contribution is 8.00. The Hall–Kier alpha value is -2.70. The van der Waals surface area contributed by atoms with Crippen molar-refractivity contribution < 1.29 is 9.53 Å². The van der Waals surface area contributed by atoms with Gasteiger partial charge in [-0.3, -0.25) is 4.79 Å². The van der Waals surface area contributed by atoms with Crippen LogP contribution in [0.3, 0.4) is 0 Å². The van der Waals surface area contributed by atoms with Crippen LogP contribution in [0.25, 0.3) is 21.3 Å². The maximum atomic E-state index is 12.5. The number of fused-ring (bicyclic) bond motifs is 1. The van der Waals surface area contributed by atoms with Crippen molar-refractivity contribution in [3.05, 3.63) is 71.9 Å². The molecule has 27 heavy (non-hydrogen) atoms. The van der Waals surface area contributed by atoms with Crippen LogP contribution >= 0.6 is 23.1 Å². The summed E-state index contributed by atoms with van der Waals surface area (Å²) in [6.45, 7) is 0. The third-order valence-corrected chi connectivity index (χ3v) is 6.05. The molecule has 4 aromatic rings. The Bertz CT molecular complexity index is 1080. The molecule has 0 aliphatic heterocycles. The first-order chi connectivity index (χ1) is 13.3. The highest BCUT2D eigenvalue weighted by Crippen LogP contribution is 2.37. The van der Waals surface area contributed by atoms with Crippen molar-refractivity contribution in [3.63, 3.8) is 0 Å². The molecule has 2 aromatic heterocycles. The Morgan fingerprint density at radius 3 is 2.59 bits per heavy atom. The van der Waals surface area contributed by atoms with Crippen molar-refractivity contribution in [2.45, 2.75) is 5.03 Å². The number of benzene rings is 2. The van der Waals surface area contributed by atoms with Gasteiger partial charge in [0.2, 0.25) is 0 Å². The van der Waals surface area contributed by atoms with Gasteiger partial charge < -0.3 is 4.74 Å². The smallest absolute Gasteiger partial charge is 0.173 e. The molecule has 4 nitrogen and oxygen atoms in total. The predicted octanol–water partition coefficient (Wildman–Crippen LogP) is 5.34. The summed E-state index contributed by atoms with van der Waals surface area (Å²) in [6, 6.07) is 17.4. The van der Waals surface area contributed by atoms with Gasteiger partial charge in [-0.1, -0.05) is 42.1 Å². The number of hydrogen-bond donors (Lipinski definition) is 0. The van der Waals surface area contributed by atoms with Gasteiger partial charge in [0.1, 0.15) is 21.9 Å². The highest BCUT2D eigenvalue weighted by Gasteiger charge is 2.15. The molecule has 0 N–H and O–H groups in total. The van der Waals surface area contributed by atoms with Crippen LogP contribution in [0.4, 0.5) is 0 Å². The highest BCUT2D eigenvalue weighted by atomic mass is 32.2. The number of nitrogens with zero attached hydrogens (tertiary/aromatic N) is 2. The Morgan fingerprint density at radius 2 is 1.85 bits per heavy atom. The molecule has 0 saturated carbocycles. The van der Waals surface area contributed by atoms with Crippen molar-refractivity contribution in [2.24, 2.45) is 0 Å². The van der Waals surface area contributed by atoms with Gasteiger partial charge in [-0.2, -0.15) is 0 Å². The number of thiophene rings is 1. The van der Waals surface area contributed by atoms with E-state index in [1.165, 1.54) is 11.8 Å². The number of hydrogen-bond acceptors (Lipinski definition) is 6. The van der Waals surface area contributed by atoms with E-state index in [1.54, 1.807) is 49.0 Å². The molecular weight excluding hydrogens is 376 g/mol. The van der Waals surface area contributed by atoms with Crippen LogP contribution in [0.2, 0.25) is 0 Å². The van der Waals surface area contributed by atoms with E-state index in [2.05, 4.69) is 27.5 Å². The van der Waals surface area contributed by atoms with Crippen molar-refractivity contribution in [1.29, 1.82) is 0 Å². The first kappa shape index (κ1) is 17.7. The minimum Gasteiger partial charge on any atom is -0.497 e. The third-order valence-electron chi connectivity index (χ3n) is 4.17. The van der Waals surface area contributed by atoms with Crippen molar-refractivity contribution in [3.8, 4) is 16.9 Å². The number of methoxy groups -OCH3 is 1. The summed E-state index contributed by atoms with van der Waals surface area (Å²) in [4.78, 5) is 22.3. The number of ketones is 1. The molecule has 0 fully saturated rings. The molecule has 4 rings (SSSR count). The molecule has 0 amide bonds. The first-order valence-electron chi connectivity index (χ1n) is 8.34. The zero-order chi connectivity index (χ0) is 18.6. The van der Waals surface area contributed by atoms with E-state index in [9.17, 15) is 4.79 Å². The molecule has 0 aliphatic carbocycles. The fourth-order valence-electron chi connectivity index (χ4n) is 2.78. The Kier molecular flexibility index (Phi) is 5.18. The summed E-state index contributed by atoms with van der Waals surface area (Å²) in [7, 11) is 1.61. The molecule has 0 unspecified atom stereocenters. The van der Waals surface area contributed by atoms with Gasteiger partial charge in [0.25, 0.3) is 0 Å². The second kappa shape index (κ2) is 7.90. The van der Waals surface area contributed by atoms with E-state index in [0.29, 0.717) is 11.3 Å². The maximum absolute atomic E-state index is 12.5. The SMILES string of the molecule is COc1ccc(C(=O)CSc2ncnc3scc(-c4ccccc4)c23)cc1. The lowest BCUT2D eigenvalue weighted by Crippen LogP contribution is -2.02. The number of Topliss-reactive ketones (excluding diaryl/α,β-unsaturated/α-hetero) is 1. The minimum atomic E-state index is 0.0610.